The second-order valence-electron chi connectivity index (χ2n) is 3.33. The fourth-order valence-electron chi connectivity index (χ4n) is 1.32. The molecule has 0 aliphatic heterocycles. The number of H-pyrrole nitrogens is 1. The Morgan fingerprint density at radius 1 is 1.53 bits per heavy atom. The van der Waals surface area contributed by atoms with Crippen molar-refractivity contribution in [1.82, 2.24) is 4.98 Å². The lowest BCUT2D eigenvalue weighted by Gasteiger charge is -2.05. The van der Waals surface area contributed by atoms with E-state index in [1.54, 1.807) is 5.38 Å². The van der Waals surface area contributed by atoms with E-state index in [1.807, 2.05) is 6.07 Å². The molecular formula is C11H8FN3OS. The zero-order valence-corrected chi connectivity index (χ0v) is 9.47. The molecule has 6 heteroatoms. The maximum Gasteiger partial charge on any atom is 0.304 e. The van der Waals surface area contributed by atoms with E-state index in [9.17, 15) is 9.18 Å². The van der Waals surface area contributed by atoms with Gasteiger partial charge in [-0.3, -0.25) is 4.79 Å². The van der Waals surface area contributed by atoms with Gasteiger partial charge in [-0.2, -0.15) is 5.26 Å². The number of aromatic amines is 1. The molecule has 0 atom stereocenters. The molecule has 17 heavy (non-hydrogen) atoms. The first kappa shape index (κ1) is 11.4. The summed E-state index contributed by atoms with van der Waals surface area (Å²) in [5.41, 5.74) is 1.27. The van der Waals surface area contributed by atoms with Crippen LogP contribution >= 0.6 is 11.3 Å². The molecule has 0 bridgehead atoms. The molecule has 0 saturated heterocycles. The molecule has 0 amide bonds. The summed E-state index contributed by atoms with van der Waals surface area (Å²) in [7, 11) is 0. The molecule has 2 N–H and O–H groups in total. The van der Waals surface area contributed by atoms with Crippen LogP contribution in [0.1, 0.15) is 11.3 Å². The van der Waals surface area contributed by atoms with Gasteiger partial charge in [-0.05, 0) is 18.2 Å². The van der Waals surface area contributed by atoms with Crippen molar-refractivity contribution in [2.24, 2.45) is 0 Å². The summed E-state index contributed by atoms with van der Waals surface area (Å²) in [5.74, 6) is -0.485. The highest BCUT2D eigenvalue weighted by Crippen LogP contribution is 2.16. The standard InChI is InChI=1S/C11H8FN3OS/c12-9-3-7(4-13)1-2-10(9)14-5-8-6-17-11(16)15-8/h1-3,6,14H,5H2,(H,15,16). The van der Waals surface area contributed by atoms with Crippen LogP contribution in [-0.4, -0.2) is 4.98 Å². The zero-order valence-electron chi connectivity index (χ0n) is 8.66. The molecule has 1 aromatic carbocycles. The quantitative estimate of drug-likeness (QED) is 0.874. The first-order chi connectivity index (χ1) is 8.19. The Morgan fingerprint density at radius 2 is 2.35 bits per heavy atom. The Kier molecular flexibility index (Phi) is 3.21. The van der Waals surface area contributed by atoms with Gasteiger partial charge in [-0.15, -0.1) is 0 Å². The third kappa shape index (κ3) is 2.71. The highest BCUT2D eigenvalue weighted by atomic mass is 32.1. The number of anilines is 1. The summed E-state index contributed by atoms with van der Waals surface area (Å²) in [4.78, 5) is 13.4. The summed E-state index contributed by atoms with van der Waals surface area (Å²) in [6.07, 6.45) is 0. The van der Waals surface area contributed by atoms with Crippen molar-refractivity contribution in [3.8, 4) is 6.07 Å². The second-order valence-corrected chi connectivity index (χ2v) is 4.18. The zero-order chi connectivity index (χ0) is 12.3. The lowest BCUT2D eigenvalue weighted by molar-refractivity contribution is 0.629. The fourth-order valence-corrected chi connectivity index (χ4v) is 1.90. The first-order valence-corrected chi connectivity index (χ1v) is 5.67. The number of halogens is 1. The van der Waals surface area contributed by atoms with Gasteiger partial charge in [0.25, 0.3) is 0 Å². The fraction of sp³-hybridized carbons (Fsp3) is 0.0909. The second kappa shape index (κ2) is 4.80. The Morgan fingerprint density at radius 3 is 2.94 bits per heavy atom. The minimum atomic E-state index is -0.485. The number of nitrogens with one attached hydrogen (secondary N) is 2. The van der Waals surface area contributed by atoms with Crippen LogP contribution in [0.5, 0.6) is 0 Å². The largest absolute Gasteiger partial charge is 0.377 e. The van der Waals surface area contributed by atoms with Gasteiger partial charge >= 0.3 is 4.87 Å². The predicted molar refractivity (Wildman–Crippen MR) is 63.4 cm³/mol. The lowest BCUT2D eigenvalue weighted by Crippen LogP contribution is -2.04. The number of benzene rings is 1. The van der Waals surface area contributed by atoms with Crippen LogP contribution in [0.4, 0.5) is 10.1 Å². The van der Waals surface area contributed by atoms with Crippen molar-refractivity contribution in [3.63, 3.8) is 0 Å². The van der Waals surface area contributed by atoms with Gasteiger partial charge in [0.05, 0.1) is 23.9 Å². The van der Waals surface area contributed by atoms with E-state index in [-0.39, 0.29) is 10.4 Å². The number of nitriles is 1. The first-order valence-electron chi connectivity index (χ1n) is 4.79. The van der Waals surface area contributed by atoms with E-state index in [4.69, 9.17) is 5.26 Å². The summed E-state index contributed by atoms with van der Waals surface area (Å²) in [6.45, 7) is 0.335. The van der Waals surface area contributed by atoms with E-state index in [2.05, 4.69) is 10.3 Å². The number of rotatable bonds is 3. The number of nitrogens with zero attached hydrogens (tertiary/aromatic N) is 1. The van der Waals surface area contributed by atoms with Gasteiger partial charge in [0.15, 0.2) is 0 Å². The summed E-state index contributed by atoms with van der Waals surface area (Å²) in [6, 6.07) is 6.05. The Labute approximate surface area is 100 Å². The third-order valence-electron chi connectivity index (χ3n) is 2.14. The highest BCUT2D eigenvalue weighted by molar-refractivity contribution is 7.07. The van der Waals surface area contributed by atoms with Crippen molar-refractivity contribution in [2.45, 2.75) is 6.54 Å². The van der Waals surface area contributed by atoms with E-state index in [1.165, 1.54) is 18.2 Å². The van der Waals surface area contributed by atoms with E-state index in [0.717, 1.165) is 11.3 Å². The average molecular weight is 249 g/mol. The smallest absolute Gasteiger partial charge is 0.304 e. The summed E-state index contributed by atoms with van der Waals surface area (Å²) >= 11 is 1.06. The average Bonchev–Trinajstić information content (AvgIpc) is 2.73. The SMILES string of the molecule is N#Cc1ccc(NCc2csc(=O)[nH]2)c(F)c1. The highest BCUT2D eigenvalue weighted by Gasteiger charge is 2.03. The monoisotopic (exact) mass is 249 g/mol. The molecule has 0 spiro atoms. The van der Waals surface area contributed by atoms with Crippen molar-refractivity contribution in [1.29, 1.82) is 5.26 Å². The maximum absolute atomic E-state index is 13.5. The molecule has 0 radical (unpaired) electrons. The van der Waals surface area contributed by atoms with Crippen molar-refractivity contribution in [2.75, 3.05) is 5.32 Å². The van der Waals surface area contributed by atoms with Crippen molar-refractivity contribution < 1.29 is 4.39 Å². The van der Waals surface area contributed by atoms with Gasteiger partial charge in [0, 0.05) is 11.1 Å². The minimum absolute atomic E-state index is 0.137. The van der Waals surface area contributed by atoms with Crippen LogP contribution < -0.4 is 10.2 Å². The number of thiazole rings is 1. The Bertz CT molecular complexity index is 626. The van der Waals surface area contributed by atoms with E-state index >= 15 is 0 Å². The molecule has 86 valence electrons. The number of hydrogen-bond donors (Lipinski definition) is 2. The lowest BCUT2D eigenvalue weighted by atomic mass is 10.2. The Hall–Kier alpha value is -2.13. The van der Waals surface area contributed by atoms with Gasteiger partial charge < -0.3 is 10.3 Å². The van der Waals surface area contributed by atoms with Crippen molar-refractivity contribution in [3.05, 3.63) is 50.3 Å². The predicted octanol–water partition coefficient (Wildman–Crippen LogP) is 2.06. The molecule has 4 nitrogen and oxygen atoms in total. The molecule has 2 rings (SSSR count). The third-order valence-corrected chi connectivity index (χ3v) is 2.86. The van der Waals surface area contributed by atoms with Crippen LogP contribution in [0.2, 0.25) is 0 Å². The molecule has 1 aromatic heterocycles. The van der Waals surface area contributed by atoms with E-state index < -0.39 is 5.82 Å². The molecule has 0 aliphatic carbocycles. The number of aromatic nitrogens is 1. The molecular weight excluding hydrogens is 241 g/mol. The summed E-state index contributed by atoms with van der Waals surface area (Å²) < 4.78 is 13.5. The van der Waals surface area contributed by atoms with Crippen LogP contribution in [0.25, 0.3) is 0 Å². The van der Waals surface area contributed by atoms with Crippen LogP contribution in [-0.2, 0) is 6.54 Å². The summed E-state index contributed by atoms with van der Waals surface area (Å²) in [5, 5.41) is 13.1. The normalized spacial score (nSPS) is 9.88. The van der Waals surface area contributed by atoms with Crippen molar-refractivity contribution >= 4 is 17.0 Å². The van der Waals surface area contributed by atoms with E-state index in [0.29, 0.717) is 17.9 Å². The molecule has 0 aliphatic rings. The van der Waals surface area contributed by atoms with Gasteiger partial charge in [-0.25, -0.2) is 4.39 Å². The Balaban J connectivity index is 2.09. The maximum atomic E-state index is 13.5. The minimum Gasteiger partial charge on any atom is -0.377 e. The number of hydrogen-bond acceptors (Lipinski definition) is 4. The van der Waals surface area contributed by atoms with Crippen LogP contribution in [0.15, 0.2) is 28.4 Å². The molecule has 0 unspecified atom stereocenters. The van der Waals surface area contributed by atoms with Crippen LogP contribution in [0.3, 0.4) is 0 Å². The molecule has 0 saturated carbocycles. The molecule has 2 aromatic rings. The molecule has 1 heterocycles. The van der Waals surface area contributed by atoms with Gasteiger partial charge in [0.1, 0.15) is 5.82 Å². The van der Waals surface area contributed by atoms with Gasteiger partial charge in [-0.1, -0.05) is 11.3 Å². The van der Waals surface area contributed by atoms with Gasteiger partial charge in [0.2, 0.25) is 0 Å². The van der Waals surface area contributed by atoms with Crippen LogP contribution in [0, 0.1) is 17.1 Å². The molecule has 0 fully saturated rings. The topological polar surface area (TPSA) is 68.7 Å².